The first-order valence-corrected chi connectivity index (χ1v) is 11.5. The smallest absolute Gasteiger partial charge is 0.337 e. The van der Waals surface area contributed by atoms with Crippen LogP contribution in [0.2, 0.25) is 0 Å². The van der Waals surface area contributed by atoms with Crippen molar-refractivity contribution >= 4 is 11.9 Å². The molecule has 2 bridgehead atoms. The highest BCUT2D eigenvalue weighted by atomic mass is 16.5. The summed E-state index contributed by atoms with van der Waals surface area (Å²) in [6.07, 6.45) is 11.7. The maximum Gasteiger partial charge on any atom is 0.337 e. The molecule has 3 aliphatic carbocycles. The van der Waals surface area contributed by atoms with Gasteiger partial charge in [-0.05, 0) is 79.5 Å². The Hall–Kier alpha value is -2.14. The summed E-state index contributed by atoms with van der Waals surface area (Å²) >= 11 is 0. The van der Waals surface area contributed by atoms with Gasteiger partial charge in [0.2, 0.25) is 5.91 Å². The molecule has 4 atom stereocenters. The number of likely N-dealkylation sites (tertiary alicyclic amines) is 1. The quantitative estimate of drug-likeness (QED) is 0.406. The average molecular weight is 409 g/mol. The number of hydrogen-bond acceptors (Lipinski definition) is 4. The van der Waals surface area contributed by atoms with Gasteiger partial charge in [-0.1, -0.05) is 24.3 Å². The molecule has 1 aromatic carbocycles. The molecule has 1 N–H and O–H groups in total. The van der Waals surface area contributed by atoms with Crippen LogP contribution >= 0.6 is 0 Å². The summed E-state index contributed by atoms with van der Waals surface area (Å²) in [4.78, 5) is 26.3. The van der Waals surface area contributed by atoms with Crippen LogP contribution < -0.4 is 5.32 Å². The van der Waals surface area contributed by atoms with Gasteiger partial charge in [0.05, 0.1) is 12.7 Å². The van der Waals surface area contributed by atoms with Gasteiger partial charge in [-0.3, -0.25) is 4.79 Å². The topological polar surface area (TPSA) is 58.6 Å². The Balaban J connectivity index is 1.10. The maximum atomic E-state index is 12.6. The lowest BCUT2D eigenvalue weighted by Gasteiger charge is -2.30. The number of carbonyl (C=O) groups excluding carboxylic acids is 2. The van der Waals surface area contributed by atoms with Crippen LogP contribution in [0.3, 0.4) is 0 Å². The molecule has 3 fully saturated rings. The van der Waals surface area contributed by atoms with Gasteiger partial charge in [-0.25, -0.2) is 4.79 Å². The number of nitrogens with zero attached hydrogens (tertiary/aromatic N) is 1. The summed E-state index contributed by atoms with van der Waals surface area (Å²) in [6, 6.07) is 7.90. The maximum absolute atomic E-state index is 12.6. The van der Waals surface area contributed by atoms with E-state index in [1.807, 2.05) is 12.1 Å². The van der Waals surface area contributed by atoms with E-state index in [0.717, 1.165) is 49.9 Å². The minimum Gasteiger partial charge on any atom is -0.465 e. The second kappa shape index (κ2) is 7.84. The highest BCUT2D eigenvalue weighted by molar-refractivity contribution is 5.89. The molecule has 5 nitrogen and oxygen atoms in total. The van der Waals surface area contributed by atoms with E-state index in [2.05, 4.69) is 22.4 Å². The molecule has 1 amide bonds. The monoisotopic (exact) mass is 408 g/mol. The summed E-state index contributed by atoms with van der Waals surface area (Å²) in [5, 5.41) is 3.51. The van der Waals surface area contributed by atoms with E-state index in [4.69, 9.17) is 4.74 Å². The molecule has 2 saturated carbocycles. The number of allylic oxidation sites excluding steroid dienone is 2. The second-order valence-corrected chi connectivity index (χ2v) is 9.64. The van der Waals surface area contributed by atoms with Gasteiger partial charge in [0.25, 0.3) is 0 Å². The van der Waals surface area contributed by atoms with E-state index in [1.54, 1.807) is 12.1 Å². The highest BCUT2D eigenvalue weighted by Crippen LogP contribution is 2.70. The predicted molar refractivity (Wildman–Crippen MR) is 115 cm³/mol. The van der Waals surface area contributed by atoms with Gasteiger partial charge in [0.15, 0.2) is 0 Å². The van der Waals surface area contributed by atoms with Crippen LogP contribution in [0.1, 0.15) is 54.4 Å². The van der Waals surface area contributed by atoms with Crippen molar-refractivity contribution in [3.05, 3.63) is 47.5 Å². The van der Waals surface area contributed by atoms with Crippen LogP contribution in [-0.4, -0.2) is 43.0 Å². The number of methoxy groups -OCH3 is 1. The number of nitrogens with one attached hydrogen (secondary N) is 1. The molecule has 0 unspecified atom stereocenters. The van der Waals surface area contributed by atoms with E-state index >= 15 is 0 Å². The number of benzene rings is 1. The normalized spacial score (nSPS) is 30.4. The lowest BCUT2D eigenvalue weighted by atomic mass is 9.88. The molecular formula is C25H32N2O3. The van der Waals surface area contributed by atoms with E-state index < -0.39 is 0 Å². The minimum absolute atomic E-state index is 0.306. The van der Waals surface area contributed by atoms with E-state index in [9.17, 15) is 9.59 Å². The molecule has 1 aromatic rings. The molecule has 4 aliphatic rings. The third-order valence-corrected chi connectivity index (χ3v) is 8.09. The fraction of sp³-hybridized carbons (Fsp3) is 0.600. The molecular weight excluding hydrogens is 376 g/mol. The Morgan fingerprint density at radius 3 is 2.73 bits per heavy atom. The number of ether oxygens (including phenoxy) is 1. The van der Waals surface area contributed by atoms with Gasteiger partial charge in [0.1, 0.15) is 0 Å². The van der Waals surface area contributed by atoms with Gasteiger partial charge in [-0.15, -0.1) is 0 Å². The Labute approximate surface area is 178 Å². The fourth-order valence-electron chi connectivity index (χ4n) is 6.31. The number of esters is 1. The molecule has 5 heteroatoms. The SMILES string of the molecule is COC(=O)c1ccc(CNCC[C@H]2CCC(=O)N2C[C@@H]2C[C@@H]3C=C[C@@H]2C32CC2)cc1. The molecule has 160 valence electrons. The third-order valence-electron chi connectivity index (χ3n) is 8.09. The van der Waals surface area contributed by atoms with E-state index in [0.29, 0.717) is 35.3 Å². The van der Waals surface area contributed by atoms with Crippen molar-refractivity contribution in [2.45, 2.75) is 51.1 Å². The summed E-state index contributed by atoms with van der Waals surface area (Å²) in [5.41, 5.74) is 2.32. The van der Waals surface area contributed by atoms with Crippen molar-refractivity contribution in [1.82, 2.24) is 10.2 Å². The lowest BCUT2D eigenvalue weighted by Crippen LogP contribution is -2.39. The Morgan fingerprint density at radius 1 is 1.23 bits per heavy atom. The molecule has 0 radical (unpaired) electrons. The van der Waals surface area contributed by atoms with Gasteiger partial charge in [-0.2, -0.15) is 0 Å². The molecule has 1 heterocycles. The summed E-state index contributed by atoms with van der Waals surface area (Å²) < 4.78 is 4.74. The highest BCUT2D eigenvalue weighted by Gasteiger charge is 2.62. The molecule has 5 rings (SSSR count). The molecule has 1 spiro atoms. The summed E-state index contributed by atoms with van der Waals surface area (Å²) in [7, 11) is 1.40. The first-order chi connectivity index (χ1) is 14.6. The van der Waals surface area contributed by atoms with Crippen molar-refractivity contribution in [2.24, 2.45) is 23.2 Å². The largest absolute Gasteiger partial charge is 0.465 e. The van der Waals surface area contributed by atoms with Gasteiger partial charge < -0.3 is 15.0 Å². The Kier molecular flexibility index (Phi) is 5.18. The number of amides is 1. The van der Waals surface area contributed by atoms with Crippen molar-refractivity contribution in [3.63, 3.8) is 0 Å². The van der Waals surface area contributed by atoms with Crippen LogP contribution in [0.15, 0.2) is 36.4 Å². The number of hydrogen-bond donors (Lipinski definition) is 1. The van der Waals surface area contributed by atoms with Crippen LogP contribution in [0.4, 0.5) is 0 Å². The van der Waals surface area contributed by atoms with E-state index in [-0.39, 0.29) is 5.97 Å². The minimum atomic E-state index is -0.306. The zero-order valence-corrected chi connectivity index (χ0v) is 17.8. The van der Waals surface area contributed by atoms with Gasteiger partial charge in [0, 0.05) is 25.6 Å². The Morgan fingerprint density at radius 2 is 2.03 bits per heavy atom. The molecule has 30 heavy (non-hydrogen) atoms. The summed E-state index contributed by atoms with van der Waals surface area (Å²) in [6.45, 7) is 2.63. The third kappa shape index (κ3) is 3.47. The first kappa shape index (κ1) is 19.8. The Bertz CT molecular complexity index is 842. The summed E-state index contributed by atoms with van der Waals surface area (Å²) in [5.74, 6) is 2.24. The number of rotatable bonds is 8. The lowest BCUT2D eigenvalue weighted by molar-refractivity contribution is -0.129. The van der Waals surface area contributed by atoms with Gasteiger partial charge >= 0.3 is 5.97 Å². The van der Waals surface area contributed by atoms with Crippen LogP contribution in [0, 0.1) is 23.2 Å². The predicted octanol–water partition coefficient (Wildman–Crippen LogP) is 3.55. The molecule has 1 aliphatic heterocycles. The van der Waals surface area contributed by atoms with Crippen molar-refractivity contribution < 1.29 is 14.3 Å². The molecule has 0 aromatic heterocycles. The zero-order chi connectivity index (χ0) is 20.7. The van der Waals surface area contributed by atoms with Crippen LogP contribution in [0.25, 0.3) is 0 Å². The first-order valence-electron chi connectivity index (χ1n) is 11.5. The second-order valence-electron chi connectivity index (χ2n) is 9.64. The standard InChI is InChI=1S/C25H32N2O3/c1-30-24(29)18-4-2-17(3-5-18)15-26-13-10-21-7-9-23(28)27(21)16-19-14-20-6-8-22(19)25(20)11-12-25/h2-6,8,19-22,26H,7,9-16H2,1H3/t19-,20-,21+,22-/m0/s1. The fourth-order valence-corrected chi connectivity index (χ4v) is 6.31. The van der Waals surface area contributed by atoms with Crippen molar-refractivity contribution in [3.8, 4) is 0 Å². The van der Waals surface area contributed by atoms with Crippen LogP contribution in [0.5, 0.6) is 0 Å². The molecule has 1 saturated heterocycles. The van der Waals surface area contributed by atoms with Crippen molar-refractivity contribution in [1.29, 1.82) is 0 Å². The number of carbonyl (C=O) groups is 2. The van der Waals surface area contributed by atoms with Crippen molar-refractivity contribution in [2.75, 3.05) is 20.2 Å². The van der Waals surface area contributed by atoms with E-state index in [1.165, 1.54) is 26.4 Å². The zero-order valence-electron chi connectivity index (χ0n) is 17.8. The van der Waals surface area contributed by atoms with Crippen LogP contribution in [-0.2, 0) is 16.1 Å². The average Bonchev–Trinajstić information content (AvgIpc) is 3.32.